The number of carboxylic acids is 1. The van der Waals surface area contributed by atoms with Gasteiger partial charge in [-0.3, -0.25) is 4.57 Å². The summed E-state index contributed by atoms with van der Waals surface area (Å²) in [5.74, 6) is -0.132. The predicted molar refractivity (Wildman–Crippen MR) is 77.9 cm³/mol. The molecule has 0 saturated heterocycles. The fraction of sp³-hybridized carbons (Fsp3) is 0.0769. The van der Waals surface area contributed by atoms with Gasteiger partial charge >= 0.3 is 5.97 Å². The highest BCUT2D eigenvalue weighted by Crippen LogP contribution is 2.32. The van der Waals surface area contributed by atoms with E-state index in [1.165, 1.54) is 31.8 Å². The van der Waals surface area contributed by atoms with Gasteiger partial charge in [0.25, 0.3) is 0 Å². The summed E-state index contributed by atoms with van der Waals surface area (Å²) < 4.78 is 7.62. The SMILES string of the molecule is COc1ncnc2c1c(Br)cn2-c1cc(C(=O)O)ccn1. The average Bonchev–Trinajstić information content (AvgIpc) is 2.85. The molecule has 0 aliphatic carbocycles. The zero-order valence-electron chi connectivity index (χ0n) is 10.8. The number of hydrogen-bond acceptors (Lipinski definition) is 5. The maximum atomic E-state index is 11.1. The number of aromatic carboxylic acids is 1. The van der Waals surface area contributed by atoms with Gasteiger partial charge in [-0.25, -0.2) is 19.7 Å². The molecule has 0 amide bonds. The van der Waals surface area contributed by atoms with Crippen molar-refractivity contribution in [2.24, 2.45) is 0 Å². The summed E-state index contributed by atoms with van der Waals surface area (Å²) in [6.07, 6.45) is 4.57. The molecule has 106 valence electrons. The Kier molecular flexibility index (Phi) is 3.30. The molecule has 0 radical (unpaired) electrons. The van der Waals surface area contributed by atoms with Crippen molar-refractivity contribution >= 4 is 32.9 Å². The Hall–Kier alpha value is -2.48. The molecule has 3 rings (SSSR count). The van der Waals surface area contributed by atoms with Crippen LogP contribution in [0.5, 0.6) is 5.88 Å². The summed E-state index contributed by atoms with van der Waals surface area (Å²) in [4.78, 5) is 23.5. The maximum absolute atomic E-state index is 11.1. The molecule has 0 fully saturated rings. The second-order valence-corrected chi connectivity index (χ2v) is 4.99. The van der Waals surface area contributed by atoms with Crippen LogP contribution in [0.1, 0.15) is 10.4 Å². The van der Waals surface area contributed by atoms with E-state index in [0.717, 1.165) is 4.47 Å². The largest absolute Gasteiger partial charge is 0.480 e. The second-order valence-electron chi connectivity index (χ2n) is 4.14. The van der Waals surface area contributed by atoms with Crippen molar-refractivity contribution in [2.45, 2.75) is 0 Å². The molecular weight excluding hydrogens is 340 g/mol. The van der Waals surface area contributed by atoms with E-state index in [1.807, 2.05) is 0 Å². The van der Waals surface area contributed by atoms with E-state index in [9.17, 15) is 4.79 Å². The summed E-state index contributed by atoms with van der Waals surface area (Å²) >= 11 is 3.43. The Balaban J connectivity index is 2.26. The van der Waals surface area contributed by atoms with Gasteiger partial charge in [0, 0.05) is 12.4 Å². The standard InChI is InChI=1S/C13H9BrN4O3/c1-21-12-10-8(14)5-18(11(10)16-6-17-12)9-4-7(13(19)20)2-3-15-9/h2-6H,1H3,(H,19,20). The molecule has 0 aliphatic rings. The summed E-state index contributed by atoms with van der Waals surface area (Å²) in [5, 5.41) is 9.76. The van der Waals surface area contributed by atoms with E-state index in [2.05, 4.69) is 30.9 Å². The third kappa shape index (κ3) is 2.23. The lowest BCUT2D eigenvalue weighted by Gasteiger charge is -2.05. The van der Waals surface area contributed by atoms with E-state index in [1.54, 1.807) is 10.8 Å². The van der Waals surface area contributed by atoms with Gasteiger partial charge in [-0.2, -0.15) is 0 Å². The van der Waals surface area contributed by atoms with Crippen LogP contribution in [0.2, 0.25) is 0 Å². The average molecular weight is 349 g/mol. The van der Waals surface area contributed by atoms with Crippen molar-refractivity contribution in [2.75, 3.05) is 7.11 Å². The van der Waals surface area contributed by atoms with Crippen LogP contribution in [-0.2, 0) is 0 Å². The Morgan fingerprint density at radius 3 is 2.90 bits per heavy atom. The molecule has 7 nitrogen and oxygen atoms in total. The first-order valence-electron chi connectivity index (χ1n) is 5.87. The third-order valence-electron chi connectivity index (χ3n) is 2.93. The monoisotopic (exact) mass is 348 g/mol. The number of nitrogens with zero attached hydrogens (tertiary/aromatic N) is 4. The van der Waals surface area contributed by atoms with Crippen molar-refractivity contribution in [1.82, 2.24) is 19.5 Å². The highest BCUT2D eigenvalue weighted by Gasteiger charge is 2.16. The van der Waals surface area contributed by atoms with Crippen molar-refractivity contribution in [1.29, 1.82) is 0 Å². The number of fused-ring (bicyclic) bond motifs is 1. The van der Waals surface area contributed by atoms with E-state index in [4.69, 9.17) is 9.84 Å². The van der Waals surface area contributed by atoms with Crippen LogP contribution in [0.15, 0.2) is 35.3 Å². The van der Waals surface area contributed by atoms with Gasteiger partial charge in [-0.05, 0) is 28.1 Å². The molecule has 0 aromatic carbocycles. The molecule has 0 atom stereocenters. The lowest BCUT2D eigenvalue weighted by molar-refractivity contribution is 0.0696. The maximum Gasteiger partial charge on any atom is 0.335 e. The third-order valence-corrected chi connectivity index (χ3v) is 3.54. The molecule has 0 aliphatic heterocycles. The van der Waals surface area contributed by atoms with E-state index in [0.29, 0.717) is 22.7 Å². The fourth-order valence-corrected chi connectivity index (χ4v) is 2.56. The van der Waals surface area contributed by atoms with Crippen LogP contribution >= 0.6 is 15.9 Å². The molecule has 8 heteroatoms. The second kappa shape index (κ2) is 5.13. The van der Waals surface area contributed by atoms with E-state index >= 15 is 0 Å². The van der Waals surface area contributed by atoms with Crippen LogP contribution < -0.4 is 4.74 Å². The Morgan fingerprint density at radius 2 is 2.19 bits per heavy atom. The van der Waals surface area contributed by atoms with Crippen molar-refractivity contribution < 1.29 is 14.6 Å². The normalized spacial score (nSPS) is 10.8. The molecule has 3 heterocycles. The van der Waals surface area contributed by atoms with Crippen LogP contribution in [0, 0.1) is 0 Å². The molecule has 3 aromatic rings. The number of hydrogen-bond donors (Lipinski definition) is 1. The van der Waals surface area contributed by atoms with E-state index in [-0.39, 0.29) is 5.56 Å². The van der Waals surface area contributed by atoms with Crippen LogP contribution in [0.25, 0.3) is 16.9 Å². The number of methoxy groups -OCH3 is 1. The summed E-state index contributed by atoms with van der Waals surface area (Å²) in [5.41, 5.74) is 0.725. The van der Waals surface area contributed by atoms with Gasteiger partial charge < -0.3 is 9.84 Å². The number of rotatable bonds is 3. The van der Waals surface area contributed by atoms with Crippen molar-refractivity contribution in [3.8, 4) is 11.7 Å². The first-order chi connectivity index (χ1) is 10.1. The van der Waals surface area contributed by atoms with Gasteiger partial charge in [-0.15, -0.1) is 0 Å². The zero-order chi connectivity index (χ0) is 15.0. The van der Waals surface area contributed by atoms with Crippen LogP contribution in [0.4, 0.5) is 0 Å². The molecule has 0 bridgehead atoms. The topological polar surface area (TPSA) is 90.1 Å². The smallest absolute Gasteiger partial charge is 0.335 e. The molecule has 1 N–H and O–H groups in total. The molecule has 0 saturated carbocycles. The number of carbonyl (C=O) groups is 1. The zero-order valence-corrected chi connectivity index (χ0v) is 12.4. The summed E-state index contributed by atoms with van der Waals surface area (Å²) in [7, 11) is 1.52. The van der Waals surface area contributed by atoms with Gasteiger partial charge in [-0.1, -0.05) is 0 Å². The van der Waals surface area contributed by atoms with Gasteiger partial charge in [0.15, 0.2) is 5.65 Å². The number of aromatic nitrogens is 4. The first-order valence-corrected chi connectivity index (χ1v) is 6.66. The minimum atomic E-state index is -1.01. The number of pyridine rings is 1. The number of carboxylic acid groups (broad SMARTS) is 1. The minimum Gasteiger partial charge on any atom is -0.480 e. The van der Waals surface area contributed by atoms with E-state index < -0.39 is 5.97 Å². The highest BCUT2D eigenvalue weighted by molar-refractivity contribution is 9.10. The van der Waals surface area contributed by atoms with Crippen LogP contribution in [0.3, 0.4) is 0 Å². The molecule has 0 unspecified atom stereocenters. The van der Waals surface area contributed by atoms with Crippen LogP contribution in [-0.4, -0.2) is 37.7 Å². The number of ether oxygens (including phenoxy) is 1. The summed E-state index contributed by atoms with van der Waals surface area (Å²) in [6.45, 7) is 0. The van der Waals surface area contributed by atoms with Gasteiger partial charge in [0.1, 0.15) is 12.1 Å². The van der Waals surface area contributed by atoms with Crippen molar-refractivity contribution in [3.63, 3.8) is 0 Å². The predicted octanol–water partition coefficient (Wildman–Crippen LogP) is 2.28. The Bertz CT molecular complexity index is 847. The Labute approximate surface area is 127 Å². The minimum absolute atomic E-state index is 0.152. The first kappa shape index (κ1) is 13.5. The quantitative estimate of drug-likeness (QED) is 0.780. The summed E-state index contributed by atoms with van der Waals surface area (Å²) in [6, 6.07) is 2.91. The molecule has 3 aromatic heterocycles. The lowest BCUT2D eigenvalue weighted by Crippen LogP contribution is -2.02. The molecular formula is C13H9BrN4O3. The highest BCUT2D eigenvalue weighted by atomic mass is 79.9. The van der Waals surface area contributed by atoms with Crippen molar-refractivity contribution in [3.05, 3.63) is 40.9 Å². The lowest BCUT2D eigenvalue weighted by atomic mass is 10.2. The van der Waals surface area contributed by atoms with Gasteiger partial charge in [0.05, 0.1) is 22.5 Å². The fourth-order valence-electron chi connectivity index (χ4n) is 2.00. The molecule has 0 spiro atoms. The van der Waals surface area contributed by atoms with Gasteiger partial charge in [0.2, 0.25) is 5.88 Å². The molecule has 21 heavy (non-hydrogen) atoms. The Morgan fingerprint density at radius 1 is 1.38 bits per heavy atom. The number of halogens is 1.